The number of nitrogens with zero attached hydrogens (tertiary/aromatic N) is 2. The molecule has 2 heterocycles. The number of benzene rings is 3. The van der Waals surface area contributed by atoms with Crippen LogP contribution in [0.5, 0.6) is 0 Å². The molecule has 0 aliphatic carbocycles. The largest absolute Gasteiger partial charge is 0.305 e. The average molecular weight is 717 g/mol. The van der Waals surface area contributed by atoms with Crippen molar-refractivity contribution in [2.75, 3.05) is 0 Å². The molecule has 3 aromatic carbocycles. The third-order valence-electron chi connectivity index (χ3n) is 7.01. The summed E-state index contributed by atoms with van der Waals surface area (Å²) < 4.78 is 0. The summed E-state index contributed by atoms with van der Waals surface area (Å²) in [7, 11) is 0. The van der Waals surface area contributed by atoms with Crippen LogP contribution in [0.4, 0.5) is 0 Å². The quantitative estimate of drug-likeness (QED) is 0.169. The molecule has 5 rings (SSSR count). The Morgan fingerprint density at radius 3 is 2.02 bits per heavy atom. The van der Waals surface area contributed by atoms with Gasteiger partial charge in [0, 0.05) is 32.5 Å². The van der Waals surface area contributed by atoms with E-state index in [1.807, 2.05) is 43.6 Å². The van der Waals surface area contributed by atoms with Gasteiger partial charge in [0.15, 0.2) is 0 Å². The van der Waals surface area contributed by atoms with E-state index in [9.17, 15) is 0 Å². The Morgan fingerprint density at radius 2 is 1.39 bits per heavy atom. The molecule has 41 heavy (non-hydrogen) atoms. The van der Waals surface area contributed by atoms with E-state index >= 15 is 0 Å². The third kappa shape index (κ3) is 9.05. The normalized spacial score (nSPS) is 11.2. The summed E-state index contributed by atoms with van der Waals surface area (Å²) >= 11 is 0. The molecule has 0 aliphatic heterocycles. The molecule has 5 aromatic rings. The van der Waals surface area contributed by atoms with Gasteiger partial charge in [0.2, 0.25) is 0 Å². The van der Waals surface area contributed by atoms with E-state index in [0.29, 0.717) is 0 Å². The molecular weight excluding hydrogens is 677 g/mol. The van der Waals surface area contributed by atoms with E-state index in [0.717, 1.165) is 28.9 Å². The minimum absolute atomic E-state index is 0. The smallest absolute Gasteiger partial charge is 0.0190 e. The monoisotopic (exact) mass is 717 g/mol. The Kier molecular flexibility index (Phi) is 11.0. The molecule has 2 aromatic heterocycles. The van der Waals surface area contributed by atoms with Gasteiger partial charge in [0.1, 0.15) is 0 Å². The van der Waals surface area contributed by atoms with Gasteiger partial charge in [-0.1, -0.05) is 95.6 Å². The Balaban J connectivity index is 0.000000260. The van der Waals surface area contributed by atoms with Crippen LogP contribution in [-0.4, -0.2) is 9.97 Å². The van der Waals surface area contributed by atoms with Gasteiger partial charge < -0.3 is 9.97 Å². The summed E-state index contributed by atoms with van der Waals surface area (Å²) in [5.41, 5.74) is 10.6. The van der Waals surface area contributed by atoms with Crippen molar-refractivity contribution in [3.05, 3.63) is 143 Å². The maximum atomic E-state index is 4.60. The molecule has 213 valence electrons. The van der Waals surface area contributed by atoms with E-state index in [4.69, 9.17) is 0 Å². The first-order valence-corrected chi connectivity index (χ1v) is 14.0. The van der Waals surface area contributed by atoms with Gasteiger partial charge in [-0.3, -0.25) is 0 Å². The average Bonchev–Trinajstić information content (AvgIpc) is 2.94. The summed E-state index contributed by atoms with van der Waals surface area (Å²) in [5, 5.41) is 0. The van der Waals surface area contributed by atoms with Gasteiger partial charge in [-0.05, 0) is 52.8 Å². The van der Waals surface area contributed by atoms with Gasteiger partial charge in [-0.25, -0.2) is 0 Å². The fourth-order valence-electron chi connectivity index (χ4n) is 4.66. The first kappa shape index (κ1) is 32.1. The van der Waals surface area contributed by atoms with E-state index < -0.39 is 0 Å². The summed E-state index contributed by atoms with van der Waals surface area (Å²) in [6.45, 7) is 15.4. The number of rotatable bonds is 5. The topological polar surface area (TPSA) is 25.8 Å². The van der Waals surface area contributed by atoms with Gasteiger partial charge in [0.05, 0.1) is 0 Å². The van der Waals surface area contributed by atoms with Crippen molar-refractivity contribution in [2.24, 2.45) is 5.41 Å². The number of pyridine rings is 2. The molecule has 0 unspecified atom stereocenters. The molecule has 0 fully saturated rings. The van der Waals surface area contributed by atoms with Crippen LogP contribution in [0.15, 0.2) is 103 Å². The van der Waals surface area contributed by atoms with Crippen molar-refractivity contribution in [1.29, 1.82) is 0 Å². The Bertz CT molecular complexity index is 1470. The predicted octanol–water partition coefficient (Wildman–Crippen LogP) is 9.63. The maximum absolute atomic E-state index is 4.60. The van der Waals surface area contributed by atoms with Crippen LogP contribution < -0.4 is 0 Å². The minimum Gasteiger partial charge on any atom is -0.305 e. The van der Waals surface area contributed by atoms with E-state index in [1.54, 1.807) is 0 Å². The van der Waals surface area contributed by atoms with E-state index in [1.165, 1.54) is 27.8 Å². The molecule has 1 radical (unpaired) electrons. The molecule has 3 heteroatoms. The van der Waals surface area contributed by atoms with E-state index in [-0.39, 0.29) is 30.9 Å². The summed E-state index contributed by atoms with van der Waals surface area (Å²) in [6.07, 6.45) is 4.83. The molecule has 0 saturated heterocycles. The molecule has 0 spiro atoms. The standard InChI is InChI=1S/C25H28N.C13H12N.Ir/c1-24(2,3)18-19-14-15-26-23(16-19)20-10-9-13-22(17-20)25(4,5)21-11-7-6-8-12-21;1-10-3-6-12(7-4-10)13-8-5-11(2)9-14-13;/h6-9,11-17H,18H2,1-5H3;3-6,8-9H,1-2H3;/q2*-1;. The van der Waals surface area contributed by atoms with Crippen molar-refractivity contribution < 1.29 is 20.1 Å². The summed E-state index contributed by atoms with van der Waals surface area (Å²) in [6, 6.07) is 38.2. The minimum atomic E-state index is -0.0614. The number of aromatic nitrogens is 2. The van der Waals surface area contributed by atoms with Crippen molar-refractivity contribution in [3.63, 3.8) is 0 Å². The SMILES string of the molecule is CC(C)(C)Cc1ccnc(-c2[c-]ccc(C(C)(C)c3ccccc3)c2)c1.Cc1c[c-]c(-c2ccc(C)cn2)cc1.[Ir]. The van der Waals surface area contributed by atoms with Crippen molar-refractivity contribution in [2.45, 2.75) is 60.3 Å². The van der Waals surface area contributed by atoms with Crippen molar-refractivity contribution in [1.82, 2.24) is 9.97 Å². The van der Waals surface area contributed by atoms with Crippen LogP contribution in [0.3, 0.4) is 0 Å². The van der Waals surface area contributed by atoms with Crippen LogP contribution in [0.2, 0.25) is 0 Å². The van der Waals surface area contributed by atoms with Gasteiger partial charge >= 0.3 is 0 Å². The fourth-order valence-corrected chi connectivity index (χ4v) is 4.66. The van der Waals surface area contributed by atoms with Gasteiger partial charge in [-0.2, -0.15) is 0 Å². The second kappa shape index (κ2) is 14.0. The zero-order valence-electron chi connectivity index (χ0n) is 25.2. The van der Waals surface area contributed by atoms with Crippen LogP contribution >= 0.6 is 0 Å². The summed E-state index contributed by atoms with van der Waals surface area (Å²) in [4.78, 5) is 8.95. The molecule has 0 atom stereocenters. The number of aryl methyl sites for hydroxylation is 2. The first-order chi connectivity index (χ1) is 19.0. The fraction of sp³-hybridized carbons (Fsp3) is 0.263. The van der Waals surface area contributed by atoms with Crippen LogP contribution in [0.1, 0.15) is 62.4 Å². The molecule has 0 amide bonds. The zero-order chi connectivity index (χ0) is 28.8. The number of hydrogen-bond acceptors (Lipinski definition) is 2. The Labute approximate surface area is 260 Å². The maximum Gasteiger partial charge on any atom is 0.0190 e. The molecule has 2 nitrogen and oxygen atoms in total. The van der Waals surface area contributed by atoms with Crippen molar-refractivity contribution >= 4 is 0 Å². The molecule has 0 aliphatic rings. The van der Waals surface area contributed by atoms with Crippen LogP contribution in [-0.2, 0) is 31.9 Å². The molecule has 0 bridgehead atoms. The van der Waals surface area contributed by atoms with Gasteiger partial charge in [0.25, 0.3) is 0 Å². The zero-order valence-corrected chi connectivity index (χ0v) is 27.6. The predicted molar refractivity (Wildman–Crippen MR) is 168 cm³/mol. The summed E-state index contributed by atoms with van der Waals surface area (Å²) in [5.74, 6) is 0. The molecule has 0 N–H and O–H groups in total. The second-order valence-electron chi connectivity index (χ2n) is 12.3. The number of hydrogen-bond donors (Lipinski definition) is 0. The Hall–Kier alpha value is -3.39. The first-order valence-electron chi connectivity index (χ1n) is 14.0. The van der Waals surface area contributed by atoms with Crippen LogP contribution in [0, 0.1) is 31.4 Å². The van der Waals surface area contributed by atoms with Gasteiger partial charge in [-0.15, -0.1) is 70.8 Å². The molecular formula is C38H40IrN2-2. The Morgan fingerprint density at radius 1 is 0.659 bits per heavy atom. The van der Waals surface area contributed by atoms with Crippen LogP contribution in [0.25, 0.3) is 22.5 Å². The van der Waals surface area contributed by atoms with Crippen molar-refractivity contribution in [3.8, 4) is 22.5 Å². The molecule has 0 saturated carbocycles. The second-order valence-corrected chi connectivity index (χ2v) is 12.3. The van der Waals surface area contributed by atoms with E-state index in [2.05, 4.69) is 130 Å². The third-order valence-corrected chi connectivity index (χ3v) is 7.01.